The van der Waals surface area contributed by atoms with Crippen molar-refractivity contribution in [1.29, 1.82) is 0 Å². The number of aromatic nitrogens is 2. The van der Waals surface area contributed by atoms with Crippen LogP contribution in [-0.4, -0.2) is 9.97 Å². The molecule has 0 aliphatic rings. The van der Waals surface area contributed by atoms with Gasteiger partial charge in [-0.15, -0.1) is 0 Å². The summed E-state index contributed by atoms with van der Waals surface area (Å²) >= 11 is 8.65. The van der Waals surface area contributed by atoms with Gasteiger partial charge in [0.25, 0.3) is 0 Å². The van der Waals surface area contributed by atoms with Gasteiger partial charge < -0.3 is 5.32 Å². The second-order valence-corrected chi connectivity index (χ2v) is 5.18. The number of aryl methyl sites for hydroxylation is 1. The van der Waals surface area contributed by atoms with Crippen LogP contribution in [-0.2, 0) is 6.18 Å². The Morgan fingerprint density at radius 1 is 1.20 bits per heavy atom. The van der Waals surface area contributed by atoms with Crippen molar-refractivity contribution in [3.63, 3.8) is 0 Å². The molecule has 106 valence electrons. The molecular formula is C12H8BrClF3N3. The molecular weight excluding hydrogens is 359 g/mol. The molecule has 0 radical (unpaired) electrons. The number of hydrogen-bond acceptors (Lipinski definition) is 3. The molecule has 2 rings (SSSR count). The van der Waals surface area contributed by atoms with Gasteiger partial charge >= 0.3 is 6.18 Å². The fourth-order valence-corrected chi connectivity index (χ4v) is 2.26. The first-order valence-corrected chi connectivity index (χ1v) is 6.58. The molecule has 0 saturated carbocycles. The molecule has 2 aromatic rings. The smallest absolute Gasteiger partial charge is 0.340 e. The van der Waals surface area contributed by atoms with Crippen LogP contribution in [0.2, 0.25) is 5.15 Å². The molecule has 8 heteroatoms. The van der Waals surface area contributed by atoms with E-state index in [4.69, 9.17) is 11.6 Å². The highest BCUT2D eigenvalue weighted by molar-refractivity contribution is 9.10. The topological polar surface area (TPSA) is 37.8 Å². The zero-order valence-electron chi connectivity index (χ0n) is 10.1. The van der Waals surface area contributed by atoms with Crippen LogP contribution in [0.5, 0.6) is 0 Å². The van der Waals surface area contributed by atoms with E-state index in [1.54, 1.807) is 6.92 Å². The fraction of sp³-hybridized carbons (Fsp3) is 0.167. The second-order valence-electron chi connectivity index (χ2n) is 3.94. The number of anilines is 2. The predicted molar refractivity (Wildman–Crippen MR) is 74.2 cm³/mol. The van der Waals surface area contributed by atoms with E-state index in [1.807, 2.05) is 0 Å². The highest BCUT2D eigenvalue weighted by atomic mass is 79.9. The maximum Gasteiger partial charge on any atom is 0.417 e. The van der Waals surface area contributed by atoms with Gasteiger partial charge in [0.1, 0.15) is 16.8 Å². The van der Waals surface area contributed by atoms with E-state index in [0.717, 1.165) is 6.07 Å². The van der Waals surface area contributed by atoms with E-state index >= 15 is 0 Å². The lowest BCUT2D eigenvalue weighted by atomic mass is 10.2. The zero-order chi connectivity index (χ0) is 14.9. The normalized spacial score (nSPS) is 11.5. The quantitative estimate of drug-likeness (QED) is 0.763. The first kappa shape index (κ1) is 15.1. The molecule has 3 nitrogen and oxygen atoms in total. The van der Waals surface area contributed by atoms with Crippen molar-refractivity contribution in [3.05, 3.63) is 45.3 Å². The first-order valence-electron chi connectivity index (χ1n) is 5.40. The maximum atomic E-state index is 12.8. The van der Waals surface area contributed by atoms with Crippen molar-refractivity contribution in [2.75, 3.05) is 5.32 Å². The van der Waals surface area contributed by atoms with Crippen molar-refractivity contribution in [3.8, 4) is 0 Å². The first-order chi connectivity index (χ1) is 9.25. The third-order valence-electron chi connectivity index (χ3n) is 2.35. The summed E-state index contributed by atoms with van der Waals surface area (Å²) in [4.78, 5) is 7.92. The van der Waals surface area contributed by atoms with E-state index < -0.39 is 11.7 Å². The summed E-state index contributed by atoms with van der Waals surface area (Å²) < 4.78 is 38.4. The number of nitrogens with one attached hydrogen (secondary N) is 1. The molecule has 1 heterocycles. The fourth-order valence-electron chi connectivity index (χ4n) is 1.56. The summed E-state index contributed by atoms with van der Waals surface area (Å²) in [7, 11) is 0. The third kappa shape index (κ3) is 3.61. The van der Waals surface area contributed by atoms with Crippen LogP contribution in [0.4, 0.5) is 24.7 Å². The summed E-state index contributed by atoms with van der Waals surface area (Å²) in [6, 6.07) is 5.25. The van der Waals surface area contributed by atoms with Crippen LogP contribution in [0.15, 0.2) is 28.7 Å². The average Bonchev–Trinajstić information content (AvgIpc) is 2.29. The van der Waals surface area contributed by atoms with Gasteiger partial charge in [0.05, 0.1) is 5.56 Å². The molecule has 20 heavy (non-hydrogen) atoms. The summed E-state index contributed by atoms with van der Waals surface area (Å²) in [6.45, 7) is 1.64. The number of hydrogen-bond donors (Lipinski definition) is 1. The summed E-state index contributed by atoms with van der Waals surface area (Å²) in [5.74, 6) is 0.756. The van der Waals surface area contributed by atoms with Gasteiger partial charge in [-0.2, -0.15) is 13.2 Å². The van der Waals surface area contributed by atoms with Gasteiger partial charge in [0, 0.05) is 16.2 Å². The zero-order valence-corrected chi connectivity index (χ0v) is 12.4. The molecule has 0 bridgehead atoms. The Hall–Kier alpha value is -1.34. The predicted octanol–water partition coefficient (Wildman–Crippen LogP) is 4.96. The Balaban J connectivity index is 2.35. The lowest BCUT2D eigenvalue weighted by Crippen LogP contribution is -2.07. The van der Waals surface area contributed by atoms with E-state index in [0.29, 0.717) is 11.6 Å². The molecule has 1 aromatic carbocycles. The van der Waals surface area contributed by atoms with Crippen molar-refractivity contribution >= 4 is 39.0 Å². The Kier molecular flexibility index (Phi) is 4.19. The Bertz CT molecular complexity index is 626. The lowest BCUT2D eigenvalue weighted by Gasteiger charge is -2.12. The van der Waals surface area contributed by atoms with Crippen molar-refractivity contribution in [2.24, 2.45) is 0 Å². The van der Waals surface area contributed by atoms with Gasteiger partial charge in [0.2, 0.25) is 0 Å². The van der Waals surface area contributed by atoms with Gasteiger partial charge in [-0.1, -0.05) is 27.5 Å². The van der Waals surface area contributed by atoms with Crippen molar-refractivity contribution in [1.82, 2.24) is 9.97 Å². The minimum absolute atomic E-state index is 0.0209. The molecule has 1 aromatic heterocycles. The highest BCUT2D eigenvalue weighted by Crippen LogP contribution is 2.36. The van der Waals surface area contributed by atoms with E-state index in [1.165, 1.54) is 18.2 Å². The van der Waals surface area contributed by atoms with Crippen LogP contribution in [0, 0.1) is 6.92 Å². The molecule has 0 aliphatic heterocycles. The largest absolute Gasteiger partial charge is 0.417 e. The van der Waals surface area contributed by atoms with E-state index in [2.05, 4.69) is 31.2 Å². The average molecular weight is 367 g/mol. The molecule has 0 amide bonds. The Morgan fingerprint density at radius 3 is 2.50 bits per heavy atom. The van der Waals surface area contributed by atoms with Crippen LogP contribution in [0.25, 0.3) is 0 Å². The molecule has 1 N–H and O–H groups in total. The summed E-state index contributed by atoms with van der Waals surface area (Å²) in [6.07, 6.45) is -4.43. The molecule has 0 aliphatic carbocycles. The SMILES string of the molecule is Cc1nc(Cl)cc(Nc2ccc(Br)c(C(F)(F)F)c2)n1. The minimum atomic E-state index is -4.43. The van der Waals surface area contributed by atoms with Crippen molar-refractivity contribution in [2.45, 2.75) is 13.1 Å². The lowest BCUT2D eigenvalue weighted by molar-refractivity contribution is -0.138. The van der Waals surface area contributed by atoms with Crippen LogP contribution >= 0.6 is 27.5 Å². The molecule has 0 unspecified atom stereocenters. The third-order valence-corrected chi connectivity index (χ3v) is 3.24. The van der Waals surface area contributed by atoms with Crippen LogP contribution in [0.3, 0.4) is 0 Å². The summed E-state index contributed by atoms with van der Waals surface area (Å²) in [5.41, 5.74) is -0.505. The number of nitrogens with zero attached hydrogens (tertiary/aromatic N) is 2. The van der Waals surface area contributed by atoms with Crippen LogP contribution < -0.4 is 5.32 Å². The Morgan fingerprint density at radius 2 is 1.90 bits per heavy atom. The molecule has 0 saturated heterocycles. The standard InChI is InChI=1S/C12H8BrClF3N3/c1-6-18-10(14)5-11(19-6)20-7-2-3-9(13)8(4-7)12(15,16)17/h2-5H,1H3,(H,18,19,20). The van der Waals surface area contributed by atoms with Gasteiger partial charge in [-0.25, -0.2) is 9.97 Å². The van der Waals surface area contributed by atoms with E-state index in [-0.39, 0.29) is 15.3 Å². The minimum Gasteiger partial charge on any atom is -0.340 e. The number of halogens is 5. The van der Waals surface area contributed by atoms with Gasteiger partial charge in [0.15, 0.2) is 0 Å². The molecule has 0 atom stereocenters. The summed E-state index contributed by atoms with van der Waals surface area (Å²) in [5, 5.41) is 2.98. The highest BCUT2D eigenvalue weighted by Gasteiger charge is 2.33. The molecule has 0 fully saturated rings. The number of benzene rings is 1. The van der Waals surface area contributed by atoms with Crippen molar-refractivity contribution < 1.29 is 13.2 Å². The second kappa shape index (κ2) is 5.57. The van der Waals surface area contributed by atoms with Gasteiger partial charge in [-0.05, 0) is 25.1 Å². The van der Waals surface area contributed by atoms with Gasteiger partial charge in [-0.3, -0.25) is 0 Å². The monoisotopic (exact) mass is 365 g/mol. The van der Waals surface area contributed by atoms with E-state index in [9.17, 15) is 13.2 Å². The maximum absolute atomic E-state index is 12.8. The van der Waals surface area contributed by atoms with Crippen LogP contribution in [0.1, 0.15) is 11.4 Å². The molecule has 0 spiro atoms. The number of alkyl halides is 3. The number of rotatable bonds is 2. The Labute approximate surface area is 126 Å².